The molecule has 0 N–H and O–H groups in total. The van der Waals surface area contributed by atoms with Gasteiger partial charge in [-0.15, -0.1) is 0 Å². The summed E-state index contributed by atoms with van der Waals surface area (Å²) in [6.45, 7) is 0.566. The molecule has 0 bridgehead atoms. The minimum Gasteiger partial charge on any atom is -0.489 e. The van der Waals surface area contributed by atoms with Crippen LogP contribution < -0.4 is 4.74 Å². The smallest absolute Gasteiger partial charge is 0.167 e. The standard InChI is InChI=1S/C17H14BrNO2/c18-11-15-10-17(21-19-15)14-6-8-16(9-7-14)20-12-13-4-2-1-3-5-13/h1-10H,11-12H2. The topological polar surface area (TPSA) is 35.3 Å². The first-order valence-electron chi connectivity index (χ1n) is 6.64. The van der Waals surface area contributed by atoms with Crippen LogP contribution in [0, 0.1) is 0 Å². The maximum absolute atomic E-state index is 5.76. The van der Waals surface area contributed by atoms with E-state index >= 15 is 0 Å². The maximum Gasteiger partial charge on any atom is 0.167 e. The lowest BCUT2D eigenvalue weighted by atomic mass is 10.1. The zero-order valence-corrected chi connectivity index (χ0v) is 12.9. The third-order valence-corrected chi connectivity index (χ3v) is 3.66. The highest BCUT2D eigenvalue weighted by atomic mass is 79.9. The third kappa shape index (κ3) is 3.52. The Bertz CT molecular complexity index is 692. The van der Waals surface area contributed by atoms with Crippen molar-refractivity contribution < 1.29 is 9.26 Å². The molecule has 0 saturated carbocycles. The molecule has 0 unspecified atom stereocenters. The monoisotopic (exact) mass is 343 g/mol. The second-order valence-electron chi connectivity index (χ2n) is 4.61. The molecule has 3 nitrogen and oxygen atoms in total. The van der Waals surface area contributed by atoms with Gasteiger partial charge in [-0.05, 0) is 29.8 Å². The van der Waals surface area contributed by atoms with Crippen LogP contribution in [0.15, 0.2) is 65.2 Å². The third-order valence-electron chi connectivity index (χ3n) is 3.08. The minimum atomic E-state index is 0.566. The SMILES string of the molecule is BrCc1cc(-c2ccc(OCc3ccccc3)cc2)on1. The van der Waals surface area contributed by atoms with Gasteiger partial charge in [-0.3, -0.25) is 0 Å². The molecule has 0 amide bonds. The zero-order valence-electron chi connectivity index (χ0n) is 11.3. The largest absolute Gasteiger partial charge is 0.489 e. The predicted octanol–water partition coefficient (Wildman–Crippen LogP) is 4.82. The number of rotatable bonds is 5. The molecular weight excluding hydrogens is 330 g/mol. The second-order valence-corrected chi connectivity index (χ2v) is 5.18. The van der Waals surface area contributed by atoms with Crippen molar-refractivity contribution >= 4 is 15.9 Å². The molecule has 0 aliphatic carbocycles. The number of benzene rings is 2. The van der Waals surface area contributed by atoms with Crippen LogP contribution in [0.25, 0.3) is 11.3 Å². The van der Waals surface area contributed by atoms with E-state index in [1.54, 1.807) is 0 Å². The van der Waals surface area contributed by atoms with Gasteiger partial charge in [0.15, 0.2) is 5.76 Å². The highest BCUT2D eigenvalue weighted by molar-refractivity contribution is 9.08. The number of nitrogens with zero attached hydrogens (tertiary/aromatic N) is 1. The molecule has 0 radical (unpaired) electrons. The molecule has 1 aromatic heterocycles. The van der Waals surface area contributed by atoms with Gasteiger partial charge in [0, 0.05) is 17.0 Å². The lowest BCUT2D eigenvalue weighted by Crippen LogP contribution is -1.94. The Morgan fingerprint density at radius 3 is 2.43 bits per heavy atom. The van der Waals surface area contributed by atoms with Crippen molar-refractivity contribution in [3.05, 3.63) is 71.9 Å². The van der Waals surface area contributed by atoms with E-state index in [0.717, 1.165) is 28.3 Å². The fraction of sp³-hybridized carbons (Fsp3) is 0.118. The Hall–Kier alpha value is -2.07. The Morgan fingerprint density at radius 2 is 1.76 bits per heavy atom. The predicted molar refractivity (Wildman–Crippen MR) is 85.3 cm³/mol. The molecule has 3 aromatic rings. The zero-order chi connectivity index (χ0) is 14.5. The van der Waals surface area contributed by atoms with E-state index in [9.17, 15) is 0 Å². The highest BCUT2D eigenvalue weighted by Crippen LogP contribution is 2.24. The van der Waals surface area contributed by atoms with Gasteiger partial charge in [-0.2, -0.15) is 0 Å². The van der Waals surface area contributed by atoms with Gasteiger partial charge in [0.05, 0.1) is 5.69 Å². The molecule has 0 saturated heterocycles. The van der Waals surface area contributed by atoms with Crippen molar-refractivity contribution in [3.63, 3.8) is 0 Å². The van der Waals surface area contributed by atoms with E-state index in [1.165, 1.54) is 0 Å². The maximum atomic E-state index is 5.76. The molecule has 0 aliphatic rings. The van der Waals surface area contributed by atoms with Crippen LogP contribution in [0.5, 0.6) is 5.75 Å². The van der Waals surface area contributed by atoms with Gasteiger partial charge in [0.2, 0.25) is 0 Å². The normalized spacial score (nSPS) is 10.5. The molecular formula is C17H14BrNO2. The van der Waals surface area contributed by atoms with E-state index in [2.05, 4.69) is 21.1 Å². The highest BCUT2D eigenvalue weighted by Gasteiger charge is 2.06. The molecule has 106 valence electrons. The number of aromatic nitrogens is 1. The number of hydrogen-bond donors (Lipinski definition) is 0. The lowest BCUT2D eigenvalue weighted by Gasteiger charge is -2.06. The van der Waals surface area contributed by atoms with E-state index in [0.29, 0.717) is 11.9 Å². The molecule has 0 spiro atoms. The fourth-order valence-electron chi connectivity index (χ4n) is 1.97. The van der Waals surface area contributed by atoms with E-state index in [4.69, 9.17) is 9.26 Å². The van der Waals surface area contributed by atoms with E-state index in [1.807, 2.05) is 60.7 Å². The van der Waals surface area contributed by atoms with Gasteiger partial charge in [0.1, 0.15) is 12.4 Å². The molecule has 1 heterocycles. The lowest BCUT2D eigenvalue weighted by molar-refractivity contribution is 0.306. The minimum absolute atomic E-state index is 0.566. The van der Waals surface area contributed by atoms with Gasteiger partial charge < -0.3 is 9.26 Å². The Morgan fingerprint density at radius 1 is 1.00 bits per heavy atom. The van der Waals surface area contributed by atoms with Gasteiger partial charge in [0.25, 0.3) is 0 Å². The van der Waals surface area contributed by atoms with Crippen molar-refractivity contribution in [2.24, 2.45) is 0 Å². The van der Waals surface area contributed by atoms with Crippen LogP contribution in [-0.2, 0) is 11.9 Å². The van der Waals surface area contributed by atoms with Crippen LogP contribution >= 0.6 is 15.9 Å². The molecule has 0 atom stereocenters. The summed E-state index contributed by atoms with van der Waals surface area (Å²) in [6, 6.07) is 19.8. The Balaban J connectivity index is 1.66. The second kappa shape index (κ2) is 6.59. The van der Waals surface area contributed by atoms with Crippen molar-refractivity contribution in [1.29, 1.82) is 0 Å². The summed E-state index contributed by atoms with van der Waals surface area (Å²) < 4.78 is 11.0. The van der Waals surface area contributed by atoms with Gasteiger partial charge >= 0.3 is 0 Å². The number of ether oxygens (including phenoxy) is 1. The number of alkyl halides is 1. The first-order chi connectivity index (χ1) is 10.3. The van der Waals surface area contributed by atoms with Crippen LogP contribution in [0.2, 0.25) is 0 Å². The Kier molecular flexibility index (Phi) is 4.36. The summed E-state index contributed by atoms with van der Waals surface area (Å²) in [5.74, 6) is 1.60. The molecule has 21 heavy (non-hydrogen) atoms. The van der Waals surface area contributed by atoms with Crippen LogP contribution in [-0.4, -0.2) is 5.16 Å². The van der Waals surface area contributed by atoms with Crippen molar-refractivity contribution in [1.82, 2.24) is 5.16 Å². The average Bonchev–Trinajstić information content (AvgIpc) is 3.03. The summed E-state index contributed by atoms with van der Waals surface area (Å²) in [5.41, 5.74) is 3.02. The summed E-state index contributed by atoms with van der Waals surface area (Å²) in [7, 11) is 0. The number of hydrogen-bond acceptors (Lipinski definition) is 3. The van der Waals surface area contributed by atoms with Crippen LogP contribution in [0.4, 0.5) is 0 Å². The van der Waals surface area contributed by atoms with Crippen molar-refractivity contribution in [2.75, 3.05) is 0 Å². The number of halogens is 1. The van der Waals surface area contributed by atoms with E-state index < -0.39 is 0 Å². The van der Waals surface area contributed by atoms with Crippen LogP contribution in [0.3, 0.4) is 0 Å². The van der Waals surface area contributed by atoms with Crippen molar-refractivity contribution in [3.8, 4) is 17.1 Å². The van der Waals surface area contributed by atoms with Gasteiger partial charge in [-0.25, -0.2) is 0 Å². The molecule has 0 aliphatic heterocycles. The molecule has 4 heteroatoms. The molecule has 3 rings (SSSR count). The van der Waals surface area contributed by atoms with E-state index in [-0.39, 0.29) is 0 Å². The first kappa shape index (κ1) is 13.9. The summed E-state index contributed by atoms with van der Waals surface area (Å²) >= 11 is 3.36. The molecule has 0 fully saturated rings. The molecule has 2 aromatic carbocycles. The summed E-state index contributed by atoms with van der Waals surface area (Å²) in [5, 5.41) is 4.65. The van der Waals surface area contributed by atoms with Crippen molar-refractivity contribution in [2.45, 2.75) is 11.9 Å². The fourth-order valence-corrected chi connectivity index (χ4v) is 2.23. The first-order valence-corrected chi connectivity index (χ1v) is 7.76. The summed E-state index contributed by atoms with van der Waals surface area (Å²) in [4.78, 5) is 0. The Labute approximate surface area is 131 Å². The van der Waals surface area contributed by atoms with Gasteiger partial charge in [-0.1, -0.05) is 51.4 Å². The quantitative estimate of drug-likeness (QED) is 0.623. The summed E-state index contributed by atoms with van der Waals surface area (Å²) in [6.07, 6.45) is 0. The van der Waals surface area contributed by atoms with Crippen LogP contribution in [0.1, 0.15) is 11.3 Å². The average molecular weight is 344 g/mol.